The Bertz CT molecular complexity index is 539. The zero-order valence-corrected chi connectivity index (χ0v) is 14.2. The number of carbonyl (C=O) groups excluding carboxylic acids is 1. The molecular formula is C17H26N2O5. The van der Waals surface area contributed by atoms with Crippen LogP contribution in [0.25, 0.3) is 0 Å². The van der Waals surface area contributed by atoms with Crippen molar-refractivity contribution >= 4 is 5.91 Å². The third-order valence-electron chi connectivity index (χ3n) is 4.02. The normalized spacial score (nSPS) is 23.8. The summed E-state index contributed by atoms with van der Waals surface area (Å²) in [6.07, 6.45) is 0.550. The van der Waals surface area contributed by atoms with Crippen molar-refractivity contribution in [2.45, 2.75) is 32.5 Å². The molecule has 0 spiro atoms. The monoisotopic (exact) mass is 338 g/mol. The van der Waals surface area contributed by atoms with Gasteiger partial charge in [-0.25, -0.2) is 4.98 Å². The summed E-state index contributed by atoms with van der Waals surface area (Å²) in [6, 6.07) is 3.38. The van der Waals surface area contributed by atoms with Crippen LogP contribution in [0.15, 0.2) is 18.3 Å². The van der Waals surface area contributed by atoms with E-state index in [0.717, 1.165) is 6.42 Å². The van der Waals surface area contributed by atoms with Gasteiger partial charge in [0.2, 0.25) is 5.88 Å². The van der Waals surface area contributed by atoms with E-state index in [1.165, 1.54) is 0 Å². The Labute approximate surface area is 142 Å². The first-order chi connectivity index (χ1) is 11.6. The molecule has 0 aromatic carbocycles. The van der Waals surface area contributed by atoms with Gasteiger partial charge in [-0.2, -0.15) is 0 Å². The Kier molecular flexibility index (Phi) is 6.96. The predicted octanol–water partition coefficient (Wildman–Crippen LogP) is 0.701. The van der Waals surface area contributed by atoms with Crippen molar-refractivity contribution in [1.29, 1.82) is 0 Å². The summed E-state index contributed by atoms with van der Waals surface area (Å²) in [5.74, 6) is -0.205. The number of amides is 1. The first kappa shape index (κ1) is 18.6. The summed E-state index contributed by atoms with van der Waals surface area (Å²) in [6.45, 7) is 5.53. The lowest BCUT2D eigenvalue weighted by molar-refractivity contribution is -0.124. The highest BCUT2D eigenvalue weighted by molar-refractivity contribution is 5.96. The fraction of sp³-hybridized carbons (Fsp3) is 0.647. The SMILES string of the molecule is CCCN(C[C@@H]1COC[C@@H](O)[C@H]1O)C(=O)c1cccnc1OCC. The highest BCUT2D eigenvalue weighted by atomic mass is 16.5. The van der Waals surface area contributed by atoms with Crippen molar-refractivity contribution < 1.29 is 24.5 Å². The lowest BCUT2D eigenvalue weighted by Crippen LogP contribution is -2.49. The molecule has 0 bridgehead atoms. The molecule has 2 heterocycles. The standard InChI is InChI=1S/C17H26N2O5/c1-3-8-19(9-12-10-23-11-14(20)15(12)21)17(22)13-6-5-7-18-16(13)24-4-2/h5-7,12,14-15,20-21H,3-4,8-11H2,1-2H3/t12-,14-,15+/m1/s1. The highest BCUT2D eigenvalue weighted by Crippen LogP contribution is 2.21. The van der Waals surface area contributed by atoms with E-state index < -0.39 is 12.2 Å². The smallest absolute Gasteiger partial charge is 0.259 e. The van der Waals surface area contributed by atoms with Crippen molar-refractivity contribution in [3.8, 4) is 5.88 Å². The lowest BCUT2D eigenvalue weighted by Gasteiger charge is -2.35. The molecule has 1 aromatic rings. The first-order valence-corrected chi connectivity index (χ1v) is 8.39. The summed E-state index contributed by atoms with van der Waals surface area (Å²) >= 11 is 0. The molecule has 2 rings (SSSR count). The van der Waals surface area contributed by atoms with Crippen LogP contribution in [-0.4, -0.2) is 71.1 Å². The molecule has 1 aliphatic rings. The first-order valence-electron chi connectivity index (χ1n) is 8.39. The van der Waals surface area contributed by atoms with E-state index in [0.29, 0.717) is 37.7 Å². The topological polar surface area (TPSA) is 92.1 Å². The number of nitrogens with zero attached hydrogens (tertiary/aromatic N) is 2. The number of aromatic nitrogens is 1. The van der Waals surface area contributed by atoms with Gasteiger partial charge >= 0.3 is 0 Å². The number of aliphatic hydroxyl groups is 2. The number of carbonyl (C=O) groups is 1. The van der Waals surface area contributed by atoms with Crippen LogP contribution in [-0.2, 0) is 4.74 Å². The van der Waals surface area contributed by atoms with Crippen LogP contribution in [0.4, 0.5) is 0 Å². The fourth-order valence-electron chi connectivity index (χ4n) is 2.82. The van der Waals surface area contributed by atoms with E-state index >= 15 is 0 Å². The zero-order valence-electron chi connectivity index (χ0n) is 14.2. The van der Waals surface area contributed by atoms with Gasteiger partial charge in [-0.15, -0.1) is 0 Å². The van der Waals surface area contributed by atoms with Gasteiger partial charge in [0.15, 0.2) is 0 Å². The van der Waals surface area contributed by atoms with E-state index in [4.69, 9.17) is 9.47 Å². The largest absolute Gasteiger partial charge is 0.477 e. The molecule has 1 saturated heterocycles. The minimum atomic E-state index is -0.917. The number of ether oxygens (including phenoxy) is 2. The quantitative estimate of drug-likeness (QED) is 0.760. The summed E-state index contributed by atoms with van der Waals surface area (Å²) < 4.78 is 10.7. The van der Waals surface area contributed by atoms with Crippen LogP contribution < -0.4 is 4.74 Å². The Morgan fingerprint density at radius 1 is 1.42 bits per heavy atom. The molecule has 0 radical (unpaired) electrons. The molecule has 1 fully saturated rings. The van der Waals surface area contributed by atoms with E-state index in [1.807, 2.05) is 13.8 Å². The van der Waals surface area contributed by atoms with Gasteiger partial charge in [0.05, 0.1) is 25.9 Å². The van der Waals surface area contributed by atoms with Gasteiger partial charge in [-0.3, -0.25) is 4.79 Å². The molecule has 0 aliphatic carbocycles. The van der Waals surface area contributed by atoms with Gasteiger partial charge in [-0.1, -0.05) is 6.92 Å². The predicted molar refractivity (Wildman–Crippen MR) is 87.9 cm³/mol. The number of pyridine rings is 1. The minimum absolute atomic E-state index is 0.122. The van der Waals surface area contributed by atoms with Gasteiger partial charge in [0.25, 0.3) is 5.91 Å². The van der Waals surface area contributed by atoms with Crippen molar-refractivity contribution in [1.82, 2.24) is 9.88 Å². The van der Waals surface area contributed by atoms with Crippen LogP contribution >= 0.6 is 0 Å². The molecule has 24 heavy (non-hydrogen) atoms. The second kappa shape index (κ2) is 8.96. The average Bonchev–Trinajstić information content (AvgIpc) is 2.58. The van der Waals surface area contributed by atoms with Crippen molar-refractivity contribution in [2.24, 2.45) is 5.92 Å². The molecule has 2 N–H and O–H groups in total. The van der Waals surface area contributed by atoms with Crippen molar-refractivity contribution in [3.63, 3.8) is 0 Å². The van der Waals surface area contributed by atoms with Gasteiger partial charge in [0.1, 0.15) is 11.7 Å². The lowest BCUT2D eigenvalue weighted by atomic mass is 9.95. The molecular weight excluding hydrogens is 312 g/mol. The molecule has 1 aliphatic heterocycles. The minimum Gasteiger partial charge on any atom is -0.477 e. The van der Waals surface area contributed by atoms with E-state index in [9.17, 15) is 15.0 Å². The van der Waals surface area contributed by atoms with Crippen molar-refractivity contribution in [3.05, 3.63) is 23.9 Å². The van der Waals surface area contributed by atoms with Gasteiger partial charge < -0.3 is 24.6 Å². The number of hydrogen-bond acceptors (Lipinski definition) is 6. The number of aliphatic hydroxyl groups excluding tert-OH is 2. The maximum absolute atomic E-state index is 12.9. The van der Waals surface area contributed by atoms with Crippen LogP contribution in [0, 0.1) is 5.92 Å². The van der Waals surface area contributed by atoms with Crippen LogP contribution in [0.1, 0.15) is 30.6 Å². The average molecular weight is 338 g/mol. The van der Waals surface area contributed by atoms with Gasteiger partial charge in [0, 0.05) is 25.2 Å². The van der Waals surface area contributed by atoms with Crippen LogP contribution in [0.3, 0.4) is 0 Å². The second-order valence-corrected chi connectivity index (χ2v) is 5.90. The molecule has 1 amide bonds. The van der Waals surface area contributed by atoms with E-state index in [-0.39, 0.29) is 18.4 Å². The third kappa shape index (κ3) is 4.43. The van der Waals surface area contributed by atoms with E-state index in [1.54, 1.807) is 23.2 Å². The fourth-order valence-corrected chi connectivity index (χ4v) is 2.82. The summed E-state index contributed by atoms with van der Waals surface area (Å²) in [5, 5.41) is 19.9. The highest BCUT2D eigenvalue weighted by Gasteiger charge is 2.34. The molecule has 3 atom stereocenters. The Morgan fingerprint density at radius 2 is 2.21 bits per heavy atom. The Balaban J connectivity index is 2.16. The third-order valence-corrected chi connectivity index (χ3v) is 4.02. The Hall–Kier alpha value is -1.70. The molecule has 0 unspecified atom stereocenters. The number of rotatable bonds is 7. The Morgan fingerprint density at radius 3 is 2.92 bits per heavy atom. The number of hydrogen-bond donors (Lipinski definition) is 2. The molecule has 7 heteroatoms. The molecule has 1 aromatic heterocycles. The molecule has 0 saturated carbocycles. The van der Waals surface area contributed by atoms with Gasteiger partial charge in [-0.05, 0) is 25.5 Å². The summed E-state index contributed by atoms with van der Waals surface area (Å²) in [4.78, 5) is 18.7. The second-order valence-electron chi connectivity index (χ2n) is 5.90. The zero-order chi connectivity index (χ0) is 17.5. The van der Waals surface area contributed by atoms with Crippen LogP contribution in [0.5, 0.6) is 5.88 Å². The maximum Gasteiger partial charge on any atom is 0.259 e. The van der Waals surface area contributed by atoms with E-state index in [2.05, 4.69) is 4.98 Å². The molecule has 7 nitrogen and oxygen atoms in total. The van der Waals surface area contributed by atoms with Crippen LogP contribution in [0.2, 0.25) is 0 Å². The maximum atomic E-state index is 12.9. The van der Waals surface area contributed by atoms with Crippen molar-refractivity contribution in [2.75, 3.05) is 32.9 Å². The summed E-state index contributed by atoms with van der Waals surface area (Å²) in [5.41, 5.74) is 0.402. The summed E-state index contributed by atoms with van der Waals surface area (Å²) in [7, 11) is 0. The molecule has 134 valence electrons.